The maximum absolute atomic E-state index is 12.2. The summed E-state index contributed by atoms with van der Waals surface area (Å²) >= 11 is 6.63. The summed E-state index contributed by atoms with van der Waals surface area (Å²) in [4.78, 5) is 27.7. The Morgan fingerprint density at radius 1 is 1.28 bits per heavy atom. The topological polar surface area (TPSA) is 61.9 Å². The maximum Gasteiger partial charge on any atom is 0.243 e. The van der Waals surface area contributed by atoms with Crippen molar-refractivity contribution in [3.63, 3.8) is 0 Å². The number of methoxy groups -OCH3 is 1. The van der Waals surface area contributed by atoms with Gasteiger partial charge in [0, 0.05) is 31.9 Å². The van der Waals surface area contributed by atoms with Gasteiger partial charge in [-0.2, -0.15) is 0 Å². The molecule has 0 spiro atoms. The van der Waals surface area contributed by atoms with Crippen molar-refractivity contribution >= 4 is 45.8 Å². The molecule has 6 nitrogen and oxygen atoms in total. The third-order valence-corrected chi connectivity index (χ3v) is 5.01. The zero-order valence-electron chi connectivity index (χ0n) is 15.1. The summed E-state index contributed by atoms with van der Waals surface area (Å²) < 4.78 is 5.81. The molecule has 0 radical (unpaired) electrons. The molecule has 1 aromatic rings. The van der Waals surface area contributed by atoms with Crippen molar-refractivity contribution in [2.45, 2.75) is 13.8 Å². The highest BCUT2D eigenvalue weighted by molar-refractivity contribution is 8.23. The highest BCUT2D eigenvalue weighted by atomic mass is 32.2. The molecule has 0 atom stereocenters. The summed E-state index contributed by atoms with van der Waals surface area (Å²) in [6.07, 6.45) is 0. The molecule has 0 aromatic heterocycles. The lowest BCUT2D eigenvalue weighted by molar-refractivity contribution is -0.131. The number of anilines is 1. The van der Waals surface area contributed by atoms with E-state index in [1.54, 1.807) is 38.4 Å². The summed E-state index contributed by atoms with van der Waals surface area (Å²) in [6.45, 7) is 5.65. The van der Waals surface area contributed by atoms with E-state index in [2.05, 4.69) is 5.32 Å². The summed E-state index contributed by atoms with van der Waals surface area (Å²) in [5.74, 6) is 0.474. The molecule has 0 aliphatic carbocycles. The monoisotopic (exact) mass is 383 g/mol. The van der Waals surface area contributed by atoms with E-state index in [9.17, 15) is 9.59 Å². The smallest absolute Gasteiger partial charge is 0.243 e. The first-order valence-corrected chi connectivity index (χ1v) is 9.40. The van der Waals surface area contributed by atoms with Gasteiger partial charge >= 0.3 is 0 Å². The number of nitrogens with one attached hydrogen (secondary N) is 1. The minimum Gasteiger partial charge on any atom is -0.497 e. The first-order chi connectivity index (χ1) is 11.9. The predicted octanol–water partition coefficient (Wildman–Crippen LogP) is 2.45. The Morgan fingerprint density at radius 2 is 1.96 bits per heavy atom. The van der Waals surface area contributed by atoms with Gasteiger partial charge in [0.05, 0.1) is 19.4 Å². The third kappa shape index (κ3) is 7.31. The fourth-order valence-corrected chi connectivity index (χ4v) is 3.35. The average Bonchev–Trinajstić information content (AvgIpc) is 2.60. The molecule has 1 N–H and O–H groups in total. The van der Waals surface area contributed by atoms with Crippen LogP contribution in [-0.2, 0) is 9.59 Å². The number of amides is 2. The first-order valence-electron chi connectivity index (χ1n) is 8.00. The van der Waals surface area contributed by atoms with E-state index in [1.165, 1.54) is 16.7 Å². The highest BCUT2D eigenvalue weighted by Crippen LogP contribution is 2.16. The van der Waals surface area contributed by atoms with E-state index >= 15 is 0 Å². The van der Waals surface area contributed by atoms with Crippen LogP contribution in [0.1, 0.15) is 13.8 Å². The largest absolute Gasteiger partial charge is 0.497 e. The molecular weight excluding hydrogens is 358 g/mol. The number of hydrogen-bond donors (Lipinski definition) is 1. The molecule has 0 bridgehead atoms. The van der Waals surface area contributed by atoms with E-state index in [-0.39, 0.29) is 24.1 Å². The molecule has 1 aromatic carbocycles. The van der Waals surface area contributed by atoms with Gasteiger partial charge in [-0.3, -0.25) is 9.59 Å². The Hall–Kier alpha value is -1.80. The highest BCUT2D eigenvalue weighted by Gasteiger charge is 2.15. The van der Waals surface area contributed by atoms with Crippen LogP contribution in [0.25, 0.3) is 0 Å². The number of rotatable bonds is 8. The molecule has 25 heavy (non-hydrogen) atoms. The lowest BCUT2D eigenvalue weighted by Gasteiger charge is -2.22. The maximum atomic E-state index is 12.2. The van der Waals surface area contributed by atoms with Gasteiger partial charge in [0.1, 0.15) is 10.1 Å². The van der Waals surface area contributed by atoms with Crippen LogP contribution in [0.5, 0.6) is 5.75 Å². The van der Waals surface area contributed by atoms with Gasteiger partial charge in [-0.05, 0) is 26.0 Å². The predicted molar refractivity (Wildman–Crippen MR) is 107 cm³/mol. The first kappa shape index (κ1) is 21.2. The van der Waals surface area contributed by atoms with Crippen molar-refractivity contribution in [3.05, 3.63) is 24.3 Å². The Kier molecular flexibility index (Phi) is 9.30. The fourth-order valence-electron chi connectivity index (χ4n) is 2.01. The van der Waals surface area contributed by atoms with Crippen molar-refractivity contribution in [3.8, 4) is 5.75 Å². The van der Waals surface area contributed by atoms with Crippen LogP contribution >= 0.6 is 24.0 Å². The normalized spacial score (nSPS) is 10.1. The van der Waals surface area contributed by atoms with E-state index in [0.717, 1.165) is 13.1 Å². The molecule has 8 heteroatoms. The van der Waals surface area contributed by atoms with E-state index in [1.807, 2.05) is 18.7 Å². The number of ether oxygens (including phenoxy) is 1. The lowest BCUT2D eigenvalue weighted by atomic mass is 10.3. The molecule has 2 amide bonds. The molecule has 1 rings (SSSR count). The van der Waals surface area contributed by atoms with Gasteiger partial charge in [-0.1, -0.05) is 30.0 Å². The molecule has 0 aliphatic rings. The van der Waals surface area contributed by atoms with Crippen molar-refractivity contribution in [2.24, 2.45) is 0 Å². The van der Waals surface area contributed by atoms with Gasteiger partial charge in [-0.25, -0.2) is 0 Å². The van der Waals surface area contributed by atoms with Crippen LogP contribution in [0.4, 0.5) is 5.69 Å². The van der Waals surface area contributed by atoms with Gasteiger partial charge in [0.15, 0.2) is 0 Å². The van der Waals surface area contributed by atoms with E-state index in [4.69, 9.17) is 17.0 Å². The number of carbonyl (C=O) groups excluding carboxylic acids is 2. The summed E-state index contributed by atoms with van der Waals surface area (Å²) in [7, 11) is 3.17. The van der Waals surface area contributed by atoms with Crippen LogP contribution in [-0.4, -0.2) is 65.5 Å². The van der Waals surface area contributed by atoms with Crippen LogP contribution in [0.3, 0.4) is 0 Å². The summed E-state index contributed by atoms with van der Waals surface area (Å²) in [5.41, 5.74) is 0.627. The van der Waals surface area contributed by atoms with E-state index < -0.39 is 0 Å². The standard InChI is InChI=1S/C17H25N3O3S2/c1-5-20(6-2)17(24)25-12-16(22)19(3)11-15(21)18-13-8-7-9-14(10-13)23-4/h7-10H,5-6,11-12H2,1-4H3,(H,18,21). The second-order valence-electron chi connectivity index (χ2n) is 5.26. The van der Waals surface area contributed by atoms with Crippen LogP contribution in [0.2, 0.25) is 0 Å². The number of hydrogen-bond acceptors (Lipinski definition) is 5. The summed E-state index contributed by atoms with van der Waals surface area (Å²) in [5, 5.41) is 2.75. The molecular formula is C17H25N3O3S2. The van der Waals surface area contributed by atoms with Crippen LogP contribution in [0, 0.1) is 0 Å². The Morgan fingerprint density at radius 3 is 2.56 bits per heavy atom. The molecule has 0 aliphatic heterocycles. The molecule has 0 heterocycles. The third-order valence-electron chi connectivity index (χ3n) is 3.50. The number of carbonyl (C=O) groups is 2. The zero-order valence-corrected chi connectivity index (χ0v) is 16.7. The van der Waals surface area contributed by atoms with Gasteiger partial charge in [0.25, 0.3) is 0 Å². The number of nitrogens with zero attached hydrogens (tertiary/aromatic N) is 2. The average molecular weight is 384 g/mol. The molecule has 0 saturated heterocycles. The van der Waals surface area contributed by atoms with E-state index in [0.29, 0.717) is 15.8 Å². The van der Waals surface area contributed by atoms with Crippen molar-refractivity contribution in [1.82, 2.24) is 9.80 Å². The minimum absolute atomic E-state index is 0.0192. The Labute approximate surface area is 158 Å². The van der Waals surface area contributed by atoms with Gasteiger partial charge in [0.2, 0.25) is 11.8 Å². The number of benzene rings is 1. The quantitative estimate of drug-likeness (QED) is 0.696. The second-order valence-corrected chi connectivity index (χ2v) is 6.87. The van der Waals surface area contributed by atoms with Crippen molar-refractivity contribution < 1.29 is 14.3 Å². The van der Waals surface area contributed by atoms with Crippen molar-refractivity contribution in [2.75, 3.05) is 44.9 Å². The Balaban J connectivity index is 2.45. The minimum atomic E-state index is -0.263. The second kappa shape index (κ2) is 10.9. The number of thiocarbonyl (C=S) groups is 1. The van der Waals surface area contributed by atoms with Gasteiger partial charge in [-0.15, -0.1) is 0 Å². The summed E-state index contributed by atoms with van der Waals surface area (Å²) in [6, 6.07) is 7.06. The lowest BCUT2D eigenvalue weighted by Crippen LogP contribution is -2.36. The van der Waals surface area contributed by atoms with Crippen molar-refractivity contribution in [1.29, 1.82) is 0 Å². The molecule has 138 valence electrons. The van der Waals surface area contributed by atoms with Gasteiger partial charge < -0.3 is 19.9 Å². The van der Waals surface area contributed by atoms with Crippen LogP contribution in [0.15, 0.2) is 24.3 Å². The molecule has 0 saturated carbocycles. The fraction of sp³-hybridized carbons (Fsp3) is 0.471. The number of likely N-dealkylation sites (N-methyl/N-ethyl adjacent to an activating group) is 1. The van der Waals surface area contributed by atoms with Crippen LogP contribution < -0.4 is 10.1 Å². The Bertz CT molecular complexity index is 607. The number of thioether (sulfide) groups is 1. The SMILES string of the molecule is CCN(CC)C(=S)SCC(=O)N(C)CC(=O)Nc1cccc(OC)c1. The molecule has 0 unspecified atom stereocenters. The molecule has 0 fully saturated rings. The zero-order chi connectivity index (χ0) is 18.8.